The average molecular weight is 260 g/mol. The molecule has 5 nitrogen and oxygen atoms in total. The van der Waals surface area contributed by atoms with Gasteiger partial charge >= 0.3 is 5.97 Å². The van der Waals surface area contributed by atoms with Crippen molar-refractivity contribution >= 4 is 41.0 Å². The molecule has 0 radical (unpaired) electrons. The van der Waals surface area contributed by atoms with Crippen molar-refractivity contribution in [2.24, 2.45) is 0 Å². The fraction of sp³-hybridized carbons (Fsp3) is 0.444. The Morgan fingerprint density at radius 1 is 1.75 bits per heavy atom. The second kappa shape index (κ2) is 5.86. The standard InChI is InChI=1S/C9H12N2O3S2/c1-2-3-11-8(14)6(10-9(11)15)4-16-5-7(12)13/h2,6H,1,3-5H2,(H,10,15)(H,12,13)/t6-/m0/s1. The summed E-state index contributed by atoms with van der Waals surface area (Å²) in [7, 11) is 0. The van der Waals surface area contributed by atoms with Gasteiger partial charge in [-0.05, 0) is 12.2 Å². The van der Waals surface area contributed by atoms with Crippen LogP contribution in [0.5, 0.6) is 0 Å². The summed E-state index contributed by atoms with van der Waals surface area (Å²) < 4.78 is 0. The molecule has 1 aliphatic heterocycles. The zero-order valence-electron chi connectivity index (χ0n) is 8.51. The molecule has 0 aromatic rings. The minimum atomic E-state index is -0.888. The zero-order chi connectivity index (χ0) is 12.1. The number of thioether (sulfide) groups is 1. The highest BCUT2D eigenvalue weighted by atomic mass is 32.2. The van der Waals surface area contributed by atoms with Crippen molar-refractivity contribution in [3.05, 3.63) is 12.7 Å². The maximum atomic E-state index is 11.7. The Labute approximate surface area is 103 Å². The van der Waals surface area contributed by atoms with Crippen LogP contribution in [-0.2, 0) is 9.59 Å². The van der Waals surface area contributed by atoms with Crippen LogP contribution in [0.25, 0.3) is 0 Å². The average Bonchev–Trinajstić information content (AvgIpc) is 2.46. The van der Waals surface area contributed by atoms with Gasteiger partial charge in [0.25, 0.3) is 5.91 Å². The summed E-state index contributed by atoms with van der Waals surface area (Å²) >= 11 is 6.17. The summed E-state index contributed by atoms with van der Waals surface area (Å²) in [6, 6.07) is -0.420. The number of carboxylic acid groups (broad SMARTS) is 1. The molecule has 0 unspecified atom stereocenters. The van der Waals surface area contributed by atoms with Gasteiger partial charge in [-0.1, -0.05) is 6.08 Å². The van der Waals surface area contributed by atoms with Gasteiger partial charge in [-0.25, -0.2) is 0 Å². The molecule has 0 aromatic carbocycles. The van der Waals surface area contributed by atoms with Crippen LogP contribution in [0.4, 0.5) is 0 Å². The maximum absolute atomic E-state index is 11.7. The van der Waals surface area contributed by atoms with Crippen LogP contribution in [0.1, 0.15) is 0 Å². The van der Waals surface area contributed by atoms with Crippen molar-refractivity contribution in [3.63, 3.8) is 0 Å². The molecule has 1 aliphatic rings. The zero-order valence-corrected chi connectivity index (χ0v) is 10.1. The van der Waals surface area contributed by atoms with E-state index in [1.54, 1.807) is 6.08 Å². The first kappa shape index (κ1) is 13.0. The van der Waals surface area contributed by atoms with Crippen molar-refractivity contribution in [1.82, 2.24) is 10.2 Å². The molecule has 1 heterocycles. The fourth-order valence-corrected chi connectivity index (χ4v) is 2.32. The van der Waals surface area contributed by atoms with Gasteiger partial charge in [-0.2, -0.15) is 0 Å². The summed E-state index contributed by atoms with van der Waals surface area (Å²) in [6.45, 7) is 3.92. The predicted octanol–water partition coefficient (Wildman–Crippen LogP) is 0.0755. The van der Waals surface area contributed by atoms with Crippen molar-refractivity contribution in [2.45, 2.75) is 6.04 Å². The first-order chi connectivity index (χ1) is 7.56. The van der Waals surface area contributed by atoms with Crippen LogP contribution in [0.15, 0.2) is 12.7 Å². The summed E-state index contributed by atoms with van der Waals surface area (Å²) in [4.78, 5) is 23.5. The minimum absolute atomic E-state index is 0.0142. The van der Waals surface area contributed by atoms with E-state index >= 15 is 0 Å². The molecule has 1 amide bonds. The SMILES string of the molecule is C=CCN1C(=O)[C@H](CSCC(=O)O)NC1=S. The maximum Gasteiger partial charge on any atom is 0.313 e. The van der Waals surface area contributed by atoms with Crippen LogP contribution < -0.4 is 5.32 Å². The number of hydrogen-bond acceptors (Lipinski definition) is 4. The van der Waals surface area contributed by atoms with Crippen LogP contribution in [0.2, 0.25) is 0 Å². The van der Waals surface area contributed by atoms with Crippen LogP contribution in [0, 0.1) is 0 Å². The second-order valence-corrected chi connectivity index (χ2v) is 4.57. The molecule has 1 rings (SSSR count). The van der Waals surface area contributed by atoms with E-state index in [9.17, 15) is 9.59 Å². The summed E-state index contributed by atoms with van der Waals surface area (Å²) in [6.07, 6.45) is 1.60. The van der Waals surface area contributed by atoms with E-state index in [0.717, 1.165) is 0 Å². The molecule has 0 bridgehead atoms. The molecule has 7 heteroatoms. The number of hydrogen-bond donors (Lipinski definition) is 2. The highest BCUT2D eigenvalue weighted by Crippen LogP contribution is 2.12. The third-order valence-electron chi connectivity index (χ3n) is 1.93. The molecule has 0 aliphatic carbocycles. The van der Waals surface area contributed by atoms with E-state index < -0.39 is 12.0 Å². The molecule has 88 valence electrons. The molecular weight excluding hydrogens is 248 g/mol. The summed E-state index contributed by atoms with van der Waals surface area (Å²) in [5.41, 5.74) is 0. The number of carbonyl (C=O) groups excluding carboxylic acids is 1. The summed E-state index contributed by atoms with van der Waals surface area (Å²) in [5, 5.41) is 11.7. The number of rotatable bonds is 6. The van der Waals surface area contributed by atoms with Crippen molar-refractivity contribution in [3.8, 4) is 0 Å². The predicted molar refractivity (Wildman–Crippen MR) is 66.4 cm³/mol. The van der Waals surface area contributed by atoms with E-state index in [1.807, 2.05) is 0 Å². The largest absolute Gasteiger partial charge is 0.481 e. The van der Waals surface area contributed by atoms with Crippen molar-refractivity contribution in [2.75, 3.05) is 18.1 Å². The number of aliphatic carboxylic acids is 1. The normalized spacial score (nSPS) is 19.8. The molecule has 0 spiro atoms. The molecule has 2 N–H and O–H groups in total. The second-order valence-electron chi connectivity index (χ2n) is 3.15. The highest BCUT2D eigenvalue weighted by molar-refractivity contribution is 8.00. The Balaban J connectivity index is 2.45. The molecule has 1 fully saturated rings. The van der Waals surface area contributed by atoms with Crippen molar-refractivity contribution in [1.29, 1.82) is 0 Å². The third-order valence-corrected chi connectivity index (χ3v) is 3.29. The molecule has 0 aromatic heterocycles. The Hall–Kier alpha value is -1.08. The number of nitrogens with one attached hydrogen (secondary N) is 1. The first-order valence-electron chi connectivity index (χ1n) is 4.58. The van der Waals surface area contributed by atoms with E-state index in [4.69, 9.17) is 17.3 Å². The van der Waals surface area contributed by atoms with E-state index in [1.165, 1.54) is 16.7 Å². The van der Waals surface area contributed by atoms with Gasteiger partial charge in [0.2, 0.25) is 0 Å². The van der Waals surface area contributed by atoms with Crippen LogP contribution in [-0.4, -0.2) is 51.1 Å². The quantitative estimate of drug-likeness (QED) is 0.520. The third kappa shape index (κ3) is 3.21. The Kier molecular flexibility index (Phi) is 4.75. The lowest BCUT2D eigenvalue weighted by atomic mass is 10.3. The van der Waals surface area contributed by atoms with Gasteiger partial charge in [-0.15, -0.1) is 18.3 Å². The van der Waals surface area contributed by atoms with E-state index in [0.29, 0.717) is 17.4 Å². The summed E-state index contributed by atoms with van der Waals surface area (Å²) in [5.74, 6) is -0.623. The smallest absolute Gasteiger partial charge is 0.313 e. The van der Waals surface area contributed by atoms with Gasteiger partial charge in [0, 0.05) is 12.3 Å². The van der Waals surface area contributed by atoms with Crippen LogP contribution >= 0.6 is 24.0 Å². The fourth-order valence-electron chi connectivity index (χ4n) is 1.26. The number of amides is 1. The number of thiocarbonyl (C=S) groups is 1. The molecule has 16 heavy (non-hydrogen) atoms. The molecule has 0 saturated carbocycles. The topological polar surface area (TPSA) is 69.6 Å². The van der Waals surface area contributed by atoms with Gasteiger partial charge in [0.1, 0.15) is 6.04 Å². The first-order valence-corrected chi connectivity index (χ1v) is 6.15. The highest BCUT2D eigenvalue weighted by Gasteiger charge is 2.34. The number of nitrogens with zero attached hydrogens (tertiary/aromatic N) is 1. The number of carboxylic acids is 1. The van der Waals surface area contributed by atoms with E-state index in [2.05, 4.69) is 11.9 Å². The van der Waals surface area contributed by atoms with Crippen LogP contribution in [0.3, 0.4) is 0 Å². The monoisotopic (exact) mass is 260 g/mol. The minimum Gasteiger partial charge on any atom is -0.481 e. The Morgan fingerprint density at radius 2 is 2.44 bits per heavy atom. The molecule has 1 saturated heterocycles. The lowest BCUT2D eigenvalue weighted by Crippen LogP contribution is -2.32. The van der Waals surface area contributed by atoms with Gasteiger partial charge in [0.05, 0.1) is 5.75 Å². The molecule has 1 atom stereocenters. The van der Waals surface area contributed by atoms with Crippen molar-refractivity contribution < 1.29 is 14.7 Å². The number of carbonyl (C=O) groups is 2. The Morgan fingerprint density at radius 3 is 3.00 bits per heavy atom. The lowest BCUT2D eigenvalue weighted by Gasteiger charge is -2.11. The Bertz CT molecular complexity index is 333. The van der Waals surface area contributed by atoms with Gasteiger partial charge in [0.15, 0.2) is 5.11 Å². The van der Waals surface area contributed by atoms with Gasteiger partial charge in [-0.3, -0.25) is 14.5 Å². The van der Waals surface area contributed by atoms with Gasteiger partial charge < -0.3 is 10.4 Å². The molecular formula is C9H12N2O3S2. The lowest BCUT2D eigenvalue weighted by molar-refractivity contribution is -0.134. The van der Waals surface area contributed by atoms with E-state index in [-0.39, 0.29) is 11.7 Å².